The van der Waals surface area contributed by atoms with E-state index in [1.165, 1.54) is 30.5 Å². The number of pyridine rings is 1. The first kappa shape index (κ1) is 25.2. The van der Waals surface area contributed by atoms with Gasteiger partial charge < -0.3 is 19.5 Å². The second-order valence-corrected chi connectivity index (χ2v) is 8.39. The van der Waals surface area contributed by atoms with Gasteiger partial charge in [0.2, 0.25) is 5.75 Å². The summed E-state index contributed by atoms with van der Waals surface area (Å²) in [6.07, 6.45) is 4.57. The molecule has 1 N–H and O–H groups in total. The molecule has 0 aliphatic heterocycles. The molecule has 0 bridgehead atoms. The average Bonchev–Trinajstić information content (AvgIpc) is 2.84. The van der Waals surface area contributed by atoms with Crippen LogP contribution >= 0.6 is 0 Å². The van der Waals surface area contributed by atoms with Gasteiger partial charge in [-0.25, -0.2) is 9.78 Å². The number of amides is 1. The lowest BCUT2D eigenvalue weighted by molar-refractivity contribution is -0.151. The quantitative estimate of drug-likeness (QED) is 0.560. The number of nitrogens with one attached hydrogen (secondary N) is 1. The summed E-state index contributed by atoms with van der Waals surface area (Å²) in [5.74, 6) is -1.83. The van der Waals surface area contributed by atoms with E-state index in [9.17, 15) is 14.4 Å². The van der Waals surface area contributed by atoms with Crippen LogP contribution in [0.15, 0.2) is 36.5 Å². The van der Waals surface area contributed by atoms with E-state index in [4.69, 9.17) is 14.2 Å². The number of carbonyl (C=O) groups excluding carboxylic acids is 3. The molecule has 0 spiro atoms. The Balaban J connectivity index is 1.67. The first-order valence-corrected chi connectivity index (χ1v) is 11.7. The number of rotatable bonds is 9. The predicted molar refractivity (Wildman–Crippen MR) is 126 cm³/mol. The summed E-state index contributed by atoms with van der Waals surface area (Å²) in [6, 6.07) is 8.70. The van der Waals surface area contributed by atoms with Gasteiger partial charge in [0.05, 0.1) is 13.0 Å². The number of aromatic nitrogens is 1. The zero-order valence-corrected chi connectivity index (χ0v) is 20.1. The Hall–Kier alpha value is -3.42. The van der Waals surface area contributed by atoms with Gasteiger partial charge in [-0.1, -0.05) is 38.1 Å². The molecule has 2 atom stereocenters. The number of fused-ring (bicyclic) bond motifs is 1. The normalized spacial score (nSPS) is 15.7. The molecule has 0 saturated carbocycles. The van der Waals surface area contributed by atoms with Crippen LogP contribution in [0.3, 0.4) is 0 Å². The molecule has 1 aliphatic rings. The number of ether oxygens (including phenoxy) is 3. The minimum Gasteiger partial charge on any atom is -0.493 e. The summed E-state index contributed by atoms with van der Waals surface area (Å²) in [5.41, 5.74) is 2.31. The van der Waals surface area contributed by atoms with Gasteiger partial charge in [-0.15, -0.1) is 0 Å². The Morgan fingerprint density at radius 3 is 2.47 bits per heavy atom. The maximum Gasteiger partial charge on any atom is 0.328 e. The van der Waals surface area contributed by atoms with Crippen molar-refractivity contribution < 1.29 is 28.6 Å². The monoisotopic (exact) mass is 468 g/mol. The highest BCUT2D eigenvalue weighted by molar-refractivity contribution is 5.98. The Labute approximate surface area is 200 Å². The SMILES string of the molecule is CCC(CC)C(=O)Oc1c(OC)ccnc1C(=O)N[C@@H](C)C(=O)OC1CCc2ccccc2C1. The maximum absolute atomic E-state index is 13.0. The van der Waals surface area contributed by atoms with Gasteiger partial charge in [0, 0.05) is 18.7 Å². The summed E-state index contributed by atoms with van der Waals surface area (Å²) in [7, 11) is 1.41. The molecule has 0 saturated heterocycles. The third kappa shape index (κ3) is 5.92. The maximum atomic E-state index is 13.0. The number of benzene rings is 1. The van der Waals surface area contributed by atoms with E-state index < -0.39 is 23.9 Å². The van der Waals surface area contributed by atoms with Gasteiger partial charge in [-0.3, -0.25) is 9.59 Å². The fourth-order valence-electron chi connectivity index (χ4n) is 4.01. The number of hydrogen-bond acceptors (Lipinski definition) is 7. The summed E-state index contributed by atoms with van der Waals surface area (Å²) in [5, 5.41) is 2.60. The standard InChI is InChI=1S/C26H32N2O6/c1-5-17(6-2)26(31)34-23-21(32-4)13-14-27-22(23)24(29)28-16(3)25(30)33-20-12-11-18-9-7-8-10-19(18)15-20/h7-10,13-14,16-17,20H,5-6,11-12,15H2,1-4H3,(H,28,29)/t16-,20?/m0/s1. The molecule has 0 fully saturated rings. The molecule has 182 valence electrons. The molecule has 8 nitrogen and oxygen atoms in total. The lowest BCUT2D eigenvalue weighted by Gasteiger charge is -2.26. The number of hydrogen-bond donors (Lipinski definition) is 1. The summed E-state index contributed by atoms with van der Waals surface area (Å²) in [4.78, 5) is 42.3. The van der Waals surface area contributed by atoms with Crippen molar-refractivity contribution >= 4 is 17.8 Å². The molecule has 2 aromatic rings. The highest BCUT2D eigenvalue weighted by Gasteiger charge is 2.29. The van der Waals surface area contributed by atoms with Crippen LogP contribution in [0.4, 0.5) is 0 Å². The van der Waals surface area contributed by atoms with Gasteiger partial charge in [-0.05, 0) is 43.7 Å². The number of aryl methyl sites for hydroxylation is 1. The molecule has 1 aliphatic carbocycles. The fourth-order valence-corrected chi connectivity index (χ4v) is 4.01. The molecule has 1 heterocycles. The first-order chi connectivity index (χ1) is 16.4. The van der Waals surface area contributed by atoms with Gasteiger partial charge in [0.15, 0.2) is 11.4 Å². The lowest BCUT2D eigenvalue weighted by atomic mass is 9.90. The van der Waals surface area contributed by atoms with Crippen molar-refractivity contribution in [3.05, 3.63) is 53.3 Å². The smallest absolute Gasteiger partial charge is 0.328 e. The van der Waals surface area contributed by atoms with Gasteiger partial charge >= 0.3 is 11.9 Å². The van der Waals surface area contributed by atoms with E-state index in [-0.39, 0.29) is 29.2 Å². The molecule has 1 aromatic heterocycles. The van der Waals surface area contributed by atoms with Crippen molar-refractivity contribution in [1.82, 2.24) is 10.3 Å². The average molecular weight is 469 g/mol. The van der Waals surface area contributed by atoms with Crippen molar-refractivity contribution in [2.45, 2.75) is 65.0 Å². The fraction of sp³-hybridized carbons (Fsp3) is 0.462. The number of methoxy groups -OCH3 is 1. The van der Waals surface area contributed by atoms with Crippen LogP contribution in [-0.4, -0.2) is 42.1 Å². The van der Waals surface area contributed by atoms with Crippen molar-refractivity contribution in [2.75, 3.05) is 7.11 Å². The summed E-state index contributed by atoms with van der Waals surface area (Å²) in [6.45, 7) is 5.33. The van der Waals surface area contributed by atoms with Crippen molar-refractivity contribution in [1.29, 1.82) is 0 Å². The van der Waals surface area contributed by atoms with E-state index in [0.717, 1.165) is 12.8 Å². The van der Waals surface area contributed by atoms with Gasteiger partial charge in [0.25, 0.3) is 5.91 Å². The molecule has 1 unspecified atom stereocenters. The molecule has 3 rings (SSSR count). The second kappa shape index (κ2) is 11.6. The van der Waals surface area contributed by atoms with Crippen LogP contribution in [-0.2, 0) is 27.2 Å². The first-order valence-electron chi connectivity index (χ1n) is 11.7. The van der Waals surface area contributed by atoms with E-state index >= 15 is 0 Å². The van der Waals surface area contributed by atoms with Crippen LogP contribution in [0, 0.1) is 5.92 Å². The largest absolute Gasteiger partial charge is 0.493 e. The minimum atomic E-state index is -0.916. The van der Waals surface area contributed by atoms with E-state index in [1.807, 2.05) is 32.0 Å². The number of carbonyl (C=O) groups is 3. The highest BCUT2D eigenvalue weighted by atomic mass is 16.6. The third-order valence-electron chi connectivity index (χ3n) is 6.11. The van der Waals surface area contributed by atoms with Gasteiger partial charge in [0.1, 0.15) is 12.1 Å². The lowest BCUT2D eigenvalue weighted by Crippen LogP contribution is -2.42. The molecule has 8 heteroatoms. The number of nitrogens with zero attached hydrogens (tertiary/aromatic N) is 1. The molecule has 34 heavy (non-hydrogen) atoms. The Morgan fingerprint density at radius 1 is 1.09 bits per heavy atom. The Bertz CT molecular complexity index is 1030. The Morgan fingerprint density at radius 2 is 1.79 bits per heavy atom. The third-order valence-corrected chi connectivity index (χ3v) is 6.11. The predicted octanol–water partition coefficient (Wildman–Crippen LogP) is 3.65. The van der Waals surface area contributed by atoms with Crippen molar-refractivity contribution in [3.63, 3.8) is 0 Å². The molecular weight excluding hydrogens is 436 g/mol. The van der Waals surface area contributed by atoms with Crippen LogP contribution in [0.25, 0.3) is 0 Å². The number of esters is 2. The van der Waals surface area contributed by atoms with E-state index in [1.54, 1.807) is 6.92 Å². The van der Waals surface area contributed by atoms with Crippen LogP contribution in [0.2, 0.25) is 0 Å². The zero-order chi connectivity index (χ0) is 24.7. The molecule has 0 radical (unpaired) electrons. The molecule has 1 amide bonds. The van der Waals surface area contributed by atoms with Gasteiger partial charge in [-0.2, -0.15) is 0 Å². The molecule has 1 aromatic carbocycles. The second-order valence-electron chi connectivity index (χ2n) is 8.39. The summed E-state index contributed by atoms with van der Waals surface area (Å²) >= 11 is 0. The topological polar surface area (TPSA) is 104 Å². The summed E-state index contributed by atoms with van der Waals surface area (Å²) < 4.78 is 16.5. The van der Waals surface area contributed by atoms with Crippen LogP contribution in [0.5, 0.6) is 11.5 Å². The van der Waals surface area contributed by atoms with Crippen LogP contribution in [0.1, 0.15) is 61.6 Å². The van der Waals surface area contributed by atoms with E-state index in [2.05, 4.69) is 16.4 Å². The minimum absolute atomic E-state index is 0.0659. The highest BCUT2D eigenvalue weighted by Crippen LogP contribution is 2.31. The van der Waals surface area contributed by atoms with E-state index in [0.29, 0.717) is 19.3 Å². The van der Waals surface area contributed by atoms with Crippen molar-refractivity contribution in [3.8, 4) is 11.5 Å². The Kier molecular flexibility index (Phi) is 8.62. The van der Waals surface area contributed by atoms with Crippen molar-refractivity contribution in [2.24, 2.45) is 5.92 Å². The molecular formula is C26H32N2O6. The van der Waals surface area contributed by atoms with Crippen LogP contribution < -0.4 is 14.8 Å². The zero-order valence-electron chi connectivity index (χ0n) is 20.1.